The molecule has 9 heteroatoms. The summed E-state index contributed by atoms with van der Waals surface area (Å²) in [5.41, 5.74) is 0.686. The third kappa shape index (κ3) is 4.44. The van der Waals surface area contributed by atoms with Crippen molar-refractivity contribution >= 4 is 17.5 Å². The van der Waals surface area contributed by atoms with Gasteiger partial charge in [-0.2, -0.15) is 4.98 Å². The van der Waals surface area contributed by atoms with E-state index < -0.39 is 17.5 Å². The van der Waals surface area contributed by atoms with E-state index in [0.717, 1.165) is 17.7 Å². The van der Waals surface area contributed by atoms with E-state index in [9.17, 15) is 13.6 Å². The molecule has 0 spiro atoms. The molecule has 0 N–H and O–H groups in total. The van der Waals surface area contributed by atoms with Crippen LogP contribution in [0.1, 0.15) is 16.2 Å². The quantitative estimate of drug-likeness (QED) is 0.647. The van der Waals surface area contributed by atoms with Gasteiger partial charge in [-0.1, -0.05) is 16.8 Å². The topological polar surface area (TPSA) is 62.5 Å². The normalized spacial score (nSPS) is 14.9. The molecule has 0 atom stereocenters. The van der Waals surface area contributed by atoms with Gasteiger partial charge in [0.05, 0.1) is 12.1 Å². The second-order valence-electron chi connectivity index (χ2n) is 6.71. The van der Waals surface area contributed by atoms with Crippen LogP contribution in [0.5, 0.6) is 0 Å². The Morgan fingerprint density at radius 1 is 1.07 bits per heavy atom. The highest BCUT2D eigenvalue weighted by molar-refractivity contribution is 6.30. The minimum absolute atomic E-state index is 0.121. The smallest absolute Gasteiger partial charge is 0.256 e. The van der Waals surface area contributed by atoms with Gasteiger partial charge in [-0.05, 0) is 36.4 Å². The lowest BCUT2D eigenvalue weighted by molar-refractivity contribution is 0.0610. The summed E-state index contributed by atoms with van der Waals surface area (Å²) in [6.45, 7) is 2.45. The number of carbonyl (C=O) groups is 1. The molecule has 3 aromatic rings. The number of nitrogens with zero attached hydrogens (tertiary/aromatic N) is 4. The summed E-state index contributed by atoms with van der Waals surface area (Å²) >= 11 is 5.89. The molecule has 2 heterocycles. The molecule has 1 aromatic heterocycles. The number of piperazine rings is 1. The maximum absolute atomic E-state index is 13.9. The highest BCUT2D eigenvalue weighted by atomic mass is 35.5. The fourth-order valence-electron chi connectivity index (χ4n) is 3.17. The third-order valence-electron chi connectivity index (χ3n) is 4.75. The van der Waals surface area contributed by atoms with E-state index in [0.29, 0.717) is 49.5 Å². The van der Waals surface area contributed by atoms with E-state index in [1.165, 1.54) is 6.07 Å². The first kappa shape index (κ1) is 19.5. The van der Waals surface area contributed by atoms with E-state index in [2.05, 4.69) is 15.0 Å². The minimum atomic E-state index is -0.849. The molecule has 1 aliphatic heterocycles. The van der Waals surface area contributed by atoms with Crippen LogP contribution in [0.4, 0.5) is 8.78 Å². The zero-order valence-electron chi connectivity index (χ0n) is 15.3. The summed E-state index contributed by atoms with van der Waals surface area (Å²) in [5.74, 6) is -1.04. The van der Waals surface area contributed by atoms with E-state index >= 15 is 0 Å². The average Bonchev–Trinajstić information content (AvgIpc) is 3.17. The molecular weight excluding hydrogens is 402 g/mol. The van der Waals surface area contributed by atoms with Crippen LogP contribution in [0, 0.1) is 11.6 Å². The predicted molar refractivity (Wildman–Crippen MR) is 102 cm³/mol. The van der Waals surface area contributed by atoms with Crippen molar-refractivity contribution in [1.82, 2.24) is 19.9 Å². The molecule has 1 fully saturated rings. The van der Waals surface area contributed by atoms with Gasteiger partial charge < -0.3 is 9.42 Å². The van der Waals surface area contributed by atoms with Crippen LogP contribution in [0.25, 0.3) is 11.4 Å². The summed E-state index contributed by atoms with van der Waals surface area (Å²) < 4.78 is 32.2. The number of hydrogen-bond acceptors (Lipinski definition) is 5. The Hall–Kier alpha value is -2.84. The number of carbonyl (C=O) groups excluding carboxylic acids is 1. The maximum Gasteiger partial charge on any atom is 0.256 e. The minimum Gasteiger partial charge on any atom is -0.338 e. The van der Waals surface area contributed by atoms with Crippen molar-refractivity contribution in [3.05, 3.63) is 70.6 Å². The Morgan fingerprint density at radius 2 is 1.79 bits per heavy atom. The van der Waals surface area contributed by atoms with Crippen molar-refractivity contribution in [1.29, 1.82) is 0 Å². The van der Waals surface area contributed by atoms with Crippen molar-refractivity contribution in [2.45, 2.75) is 6.54 Å². The summed E-state index contributed by atoms with van der Waals surface area (Å²) in [6, 6.07) is 10.1. The second-order valence-corrected chi connectivity index (χ2v) is 7.15. The van der Waals surface area contributed by atoms with Crippen molar-refractivity contribution in [3.63, 3.8) is 0 Å². The van der Waals surface area contributed by atoms with Gasteiger partial charge in [0.2, 0.25) is 11.7 Å². The van der Waals surface area contributed by atoms with Crippen LogP contribution in [0.15, 0.2) is 47.0 Å². The number of amides is 1. The first-order valence-corrected chi connectivity index (χ1v) is 9.42. The lowest BCUT2D eigenvalue weighted by Gasteiger charge is -2.34. The number of halogens is 3. The molecule has 4 rings (SSSR count). The van der Waals surface area contributed by atoms with Crippen LogP contribution in [0.2, 0.25) is 5.02 Å². The van der Waals surface area contributed by atoms with Crippen LogP contribution < -0.4 is 0 Å². The molecule has 0 aliphatic carbocycles. The van der Waals surface area contributed by atoms with E-state index in [1.54, 1.807) is 17.0 Å². The van der Waals surface area contributed by atoms with Gasteiger partial charge in [0, 0.05) is 42.8 Å². The zero-order chi connectivity index (χ0) is 20.4. The van der Waals surface area contributed by atoms with E-state index in [4.69, 9.17) is 16.1 Å². The largest absolute Gasteiger partial charge is 0.338 e. The molecule has 1 saturated heterocycles. The van der Waals surface area contributed by atoms with Crippen molar-refractivity contribution in [3.8, 4) is 11.4 Å². The average molecular weight is 419 g/mol. The Morgan fingerprint density at radius 3 is 2.48 bits per heavy atom. The van der Waals surface area contributed by atoms with Crippen LogP contribution >= 0.6 is 11.6 Å². The fourth-order valence-corrected chi connectivity index (χ4v) is 3.29. The summed E-state index contributed by atoms with van der Waals surface area (Å²) in [5, 5.41) is 4.62. The highest BCUT2D eigenvalue weighted by Crippen LogP contribution is 2.20. The van der Waals surface area contributed by atoms with Crippen molar-refractivity contribution < 1.29 is 18.1 Å². The molecule has 150 valence electrons. The van der Waals surface area contributed by atoms with Crippen LogP contribution in [-0.2, 0) is 6.54 Å². The zero-order valence-corrected chi connectivity index (χ0v) is 16.1. The van der Waals surface area contributed by atoms with Gasteiger partial charge in [-0.25, -0.2) is 8.78 Å². The molecule has 0 bridgehead atoms. The van der Waals surface area contributed by atoms with E-state index in [-0.39, 0.29) is 5.56 Å². The predicted octanol–water partition coefficient (Wildman–Crippen LogP) is 3.63. The van der Waals surface area contributed by atoms with Crippen molar-refractivity contribution in [2.24, 2.45) is 0 Å². The maximum atomic E-state index is 13.9. The molecule has 6 nitrogen and oxygen atoms in total. The number of benzene rings is 2. The van der Waals surface area contributed by atoms with Gasteiger partial charge >= 0.3 is 0 Å². The van der Waals surface area contributed by atoms with E-state index in [1.807, 2.05) is 12.1 Å². The Labute approximate surface area is 170 Å². The highest BCUT2D eigenvalue weighted by Gasteiger charge is 2.25. The number of aromatic nitrogens is 2. The molecule has 1 aliphatic rings. The number of hydrogen-bond donors (Lipinski definition) is 0. The molecule has 0 saturated carbocycles. The SMILES string of the molecule is O=C(c1ccc(F)cc1F)N1CCN(Cc2nc(-c3ccc(Cl)cc3)no2)CC1. The number of rotatable bonds is 4. The Bertz CT molecular complexity index is 1020. The molecule has 0 unspecified atom stereocenters. The standard InChI is InChI=1S/C20H17ClF2N4O2/c21-14-3-1-13(2-4-14)19-24-18(29-25-19)12-26-7-9-27(10-8-26)20(28)16-6-5-15(22)11-17(16)23/h1-6,11H,7-10,12H2. The van der Waals surface area contributed by atoms with Crippen molar-refractivity contribution in [2.75, 3.05) is 26.2 Å². The van der Waals surface area contributed by atoms with Gasteiger partial charge in [-0.15, -0.1) is 0 Å². The van der Waals surface area contributed by atoms with Crippen LogP contribution in [0.3, 0.4) is 0 Å². The fraction of sp³-hybridized carbons (Fsp3) is 0.250. The molecule has 0 radical (unpaired) electrons. The van der Waals surface area contributed by atoms with Gasteiger partial charge in [0.1, 0.15) is 11.6 Å². The lowest BCUT2D eigenvalue weighted by atomic mass is 10.1. The summed E-state index contributed by atoms with van der Waals surface area (Å²) in [4.78, 5) is 20.5. The second kappa shape index (κ2) is 8.26. The van der Waals surface area contributed by atoms with Gasteiger partial charge in [0.15, 0.2) is 0 Å². The first-order valence-electron chi connectivity index (χ1n) is 9.05. The van der Waals surface area contributed by atoms with Gasteiger partial charge in [0.25, 0.3) is 5.91 Å². The Balaban J connectivity index is 1.34. The third-order valence-corrected chi connectivity index (χ3v) is 5.00. The molecule has 2 aromatic carbocycles. The lowest BCUT2D eigenvalue weighted by Crippen LogP contribution is -2.48. The van der Waals surface area contributed by atoms with Crippen LogP contribution in [-0.4, -0.2) is 52.0 Å². The summed E-state index contributed by atoms with van der Waals surface area (Å²) in [6.07, 6.45) is 0. The molecule has 29 heavy (non-hydrogen) atoms. The monoisotopic (exact) mass is 418 g/mol. The molecule has 1 amide bonds. The summed E-state index contributed by atoms with van der Waals surface area (Å²) in [7, 11) is 0. The van der Waals surface area contributed by atoms with Gasteiger partial charge in [-0.3, -0.25) is 9.69 Å². The molecular formula is C20H17ClF2N4O2. The Kier molecular flexibility index (Phi) is 5.55. The first-order chi connectivity index (χ1) is 14.0.